The highest BCUT2D eigenvalue weighted by Gasteiger charge is 2.40. The Balaban J connectivity index is 1.53. The van der Waals surface area contributed by atoms with Gasteiger partial charge >= 0.3 is 5.97 Å². The second-order valence-electron chi connectivity index (χ2n) is 5.74. The summed E-state index contributed by atoms with van der Waals surface area (Å²) in [5.41, 5.74) is 2.49. The molecule has 1 aliphatic carbocycles. The largest absolute Gasteiger partial charge is 0.478 e. The molecule has 0 aliphatic heterocycles. The van der Waals surface area contributed by atoms with Gasteiger partial charge in [-0.25, -0.2) is 4.79 Å². The van der Waals surface area contributed by atoms with Gasteiger partial charge in [-0.15, -0.1) is 11.3 Å². The number of rotatable bonds is 4. The Labute approximate surface area is 140 Å². The number of aromatic nitrogens is 1. The number of aryl methyl sites for hydroxylation is 1. The zero-order chi connectivity index (χ0) is 16.1. The lowest BCUT2D eigenvalue weighted by Gasteiger charge is -2.02. The van der Waals surface area contributed by atoms with Crippen LogP contribution in [0, 0.1) is 6.92 Å². The number of hydrogen-bond acceptors (Lipinski definition) is 4. The first-order chi connectivity index (χ1) is 11.0. The van der Waals surface area contributed by atoms with E-state index in [4.69, 9.17) is 0 Å². The molecule has 0 radical (unpaired) electrons. The van der Waals surface area contributed by atoms with Gasteiger partial charge in [-0.2, -0.15) is 11.3 Å². The Morgan fingerprint density at radius 1 is 1.43 bits per heavy atom. The smallest absolute Gasteiger partial charge is 0.338 e. The van der Waals surface area contributed by atoms with E-state index in [9.17, 15) is 14.7 Å². The summed E-state index contributed by atoms with van der Waals surface area (Å²) in [5.74, 6) is -0.745. The number of fused-ring (bicyclic) bond motifs is 1. The number of carbonyl (C=O) groups is 2. The predicted octanol–water partition coefficient (Wildman–Crippen LogP) is 3.58. The van der Waals surface area contributed by atoms with E-state index >= 15 is 0 Å². The molecule has 1 aliphatic rings. The summed E-state index contributed by atoms with van der Waals surface area (Å²) in [5, 5.41) is 16.5. The number of amides is 1. The standard InChI is InChI=1S/C16H14N2O3S2/c1-7-13(16(20)21)14-12(23-7)5-11(17-14)15(19)18-10-4-9(10)8-2-3-22-6-8/h2-3,5-6,9-10,17H,4H2,1H3,(H,18,19)(H,20,21)/t9-,10+/m0/s1. The van der Waals surface area contributed by atoms with Crippen molar-refractivity contribution in [1.29, 1.82) is 0 Å². The zero-order valence-electron chi connectivity index (χ0n) is 12.3. The maximum absolute atomic E-state index is 12.4. The molecule has 3 aromatic rings. The van der Waals surface area contributed by atoms with Crippen molar-refractivity contribution in [2.45, 2.75) is 25.3 Å². The molecule has 1 fully saturated rings. The number of aromatic amines is 1. The van der Waals surface area contributed by atoms with Crippen LogP contribution in [0.25, 0.3) is 10.2 Å². The van der Waals surface area contributed by atoms with Crippen LogP contribution in [0.15, 0.2) is 22.9 Å². The van der Waals surface area contributed by atoms with E-state index in [-0.39, 0.29) is 17.5 Å². The van der Waals surface area contributed by atoms with Gasteiger partial charge in [0.15, 0.2) is 0 Å². The molecule has 23 heavy (non-hydrogen) atoms. The molecular weight excluding hydrogens is 332 g/mol. The minimum Gasteiger partial charge on any atom is -0.478 e. The maximum atomic E-state index is 12.4. The van der Waals surface area contributed by atoms with Gasteiger partial charge in [0.05, 0.1) is 15.8 Å². The molecule has 0 bridgehead atoms. The lowest BCUT2D eigenvalue weighted by Crippen LogP contribution is -2.26. The minimum atomic E-state index is -0.970. The third kappa shape index (κ3) is 2.46. The molecule has 4 rings (SSSR count). The van der Waals surface area contributed by atoms with Gasteiger partial charge in [-0.05, 0) is 41.8 Å². The van der Waals surface area contributed by atoms with Gasteiger partial charge in [0.25, 0.3) is 5.91 Å². The van der Waals surface area contributed by atoms with Gasteiger partial charge < -0.3 is 15.4 Å². The number of carbonyl (C=O) groups excluding carboxylic acids is 1. The van der Waals surface area contributed by atoms with Crippen molar-refractivity contribution >= 4 is 44.8 Å². The first-order valence-corrected chi connectivity index (χ1v) is 8.99. The molecule has 0 spiro atoms. The van der Waals surface area contributed by atoms with Gasteiger partial charge in [-0.3, -0.25) is 4.79 Å². The number of hydrogen-bond donors (Lipinski definition) is 3. The highest BCUT2D eigenvalue weighted by atomic mass is 32.1. The first kappa shape index (κ1) is 14.5. The summed E-state index contributed by atoms with van der Waals surface area (Å²) in [6.45, 7) is 1.78. The first-order valence-electron chi connectivity index (χ1n) is 7.23. The van der Waals surface area contributed by atoms with Crippen molar-refractivity contribution in [2.24, 2.45) is 0 Å². The number of nitrogens with one attached hydrogen (secondary N) is 2. The number of carboxylic acids is 1. The third-order valence-electron chi connectivity index (χ3n) is 4.18. The summed E-state index contributed by atoms with van der Waals surface area (Å²) in [6, 6.07) is 3.99. The van der Waals surface area contributed by atoms with Crippen molar-refractivity contribution in [3.63, 3.8) is 0 Å². The molecule has 7 heteroatoms. The molecule has 3 heterocycles. The van der Waals surface area contributed by atoms with Crippen molar-refractivity contribution in [1.82, 2.24) is 10.3 Å². The quantitative estimate of drug-likeness (QED) is 0.675. The summed E-state index contributed by atoms with van der Waals surface area (Å²) < 4.78 is 0.801. The molecule has 1 amide bonds. The lowest BCUT2D eigenvalue weighted by molar-refractivity contribution is 0.0698. The van der Waals surface area contributed by atoms with E-state index in [1.807, 2.05) is 5.38 Å². The Morgan fingerprint density at radius 3 is 2.96 bits per heavy atom. The summed E-state index contributed by atoms with van der Waals surface area (Å²) >= 11 is 3.05. The molecule has 1 saturated carbocycles. The lowest BCUT2D eigenvalue weighted by atomic mass is 10.2. The minimum absolute atomic E-state index is 0.166. The average molecular weight is 346 g/mol. The fourth-order valence-corrected chi connectivity index (χ4v) is 4.71. The number of thiophene rings is 2. The SMILES string of the molecule is Cc1sc2cc(C(=O)N[C@@H]3C[C@H]3c3ccsc3)[nH]c2c1C(=O)O. The predicted molar refractivity (Wildman–Crippen MR) is 90.8 cm³/mol. The van der Waals surface area contributed by atoms with Gasteiger partial charge in [0, 0.05) is 16.8 Å². The van der Waals surface area contributed by atoms with Crippen molar-refractivity contribution < 1.29 is 14.7 Å². The summed E-state index contributed by atoms with van der Waals surface area (Å²) in [4.78, 5) is 27.4. The topological polar surface area (TPSA) is 82.2 Å². The Bertz CT molecular complexity index is 907. The molecule has 5 nitrogen and oxygen atoms in total. The second-order valence-corrected chi connectivity index (χ2v) is 7.78. The summed E-state index contributed by atoms with van der Waals surface area (Å²) in [7, 11) is 0. The molecule has 0 aromatic carbocycles. The van der Waals surface area contributed by atoms with E-state index in [0.717, 1.165) is 16.0 Å². The second kappa shape index (κ2) is 5.21. The van der Waals surface area contributed by atoms with Crippen molar-refractivity contribution in [3.05, 3.63) is 44.6 Å². The number of aromatic carboxylic acids is 1. The van der Waals surface area contributed by atoms with Crippen molar-refractivity contribution in [3.8, 4) is 0 Å². The van der Waals surface area contributed by atoms with Crippen LogP contribution in [0.5, 0.6) is 0 Å². The third-order valence-corrected chi connectivity index (χ3v) is 5.94. The van der Waals surface area contributed by atoms with Crippen LogP contribution in [0.3, 0.4) is 0 Å². The Kier molecular flexibility index (Phi) is 3.28. The van der Waals surface area contributed by atoms with E-state index in [0.29, 0.717) is 17.1 Å². The van der Waals surface area contributed by atoms with E-state index in [2.05, 4.69) is 21.7 Å². The highest BCUT2D eigenvalue weighted by molar-refractivity contribution is 7.19. The molecule has 3 aromatic heterocycles. The molecule has 118 valence electrons. The van der Waals surface area contributed by atoms with Crippen LogP contribution < -0.4 is 5.32 Å². The van der Waals surface area contributed by atoms with Gasteiger partial charge in [-0.1, -0.05) is 0 Å². The molecule has 3 N–H and O–H groups in total. The molecular formula is C16H14N2O3S2. The Morgan fingerprint density at radius 2 is 2.26 bits per heavy atom. The van der Waals surface area contributed by atoms with Crippen LogP contribution in [0.1, 0.15) is 43.6 Å². The highest BCUT2D eigenvalue weighted by Crippen LogP contribution is 2.41. The molecule has 2 atom stereocenters. The monoisotopic (exact) mass is 346 g/mol. The van der Waals surface area contributed by atoms with Crippen molar-refractivity contribution in [2.75, 3.05) is 0 Å². The average Bonchev–Trinajstić information content (AvgIpc) is 2.89. The van der Waals surface area contributed by atoms with Gasteiger partial charge in [0.1, 0.15) is 5.69 Å². The van der Waals surface area contributed by atoms with E-state index in [1.54, 1.807) is 24.3 Å². The van der Waals surface area contributed by atoms with Crippen LogP contribution >= 0.6 is 22.7 Å². The van der Waals surface area contributed by atoms with Crippen LogP contribution in [0.4, 0.5) is 0 Å². The maximum Gasteiger partial charge on any atom is 0.338 e. The van der Waals surface area contributed by atoms with Crippen LogP contribution in [0.2, 0.25) is 0 Å². The van der Waals surface area contributed by atoms with E-state index in [1.165, 1.54) is 16.9 Å². The van der Waals surface area contributed by atoms with Crippen LogP contribution in [-0.2, 0) is 0 Å². The Hall–Kier alpha value is -2.12. The number of H-pyrrole nitrogens is 1. The van der Waals surface area contributed by atoms with Gasteiger partial charge in [0.2, 0.25) is 0 Å². The fraction of sp³-hybridized carbons (Fsp3) is 0.250. The van der Waals surface area contributed by atoms with Crippen LogP contribution in [-0.4, -0.2) is 28.0 Å². The number of carboxylic acid groups (broad SMARTS) is 1. The fourth-order valence-electron chi connectivity index (χ4n) is 2.93. The zero-order valence-corrected chi connectivity index (χ0v) is 13.9. The molecule has 0 saturated heterocycles. The molecule has 0 unspecified atom stereocenters. The normalized spacial score (nSPS) is 19.9. The van der Waals surface area contributed by atoms with E-state index < -0.39 is 5.97 Å². The summed E-state index contributed by atoms with van der Waals surface area (Å²) in [6.07, 6.45) is 0.955.